The summed E-state index contributed by atoms with van der Waals surface area (Å²) in [5.41, 5.74) is 0.786. The minimum Gasteiger partial charge on any atom is -0.352 e. The van der Waals surface area contributed by atoms with Crippen molar-refractivity contribution in [1.29, 1.82) is 0 Å². The van der Waals surface area contributed by atoms with E-state index in [1.165, 1.54) is 25.3 Å². The van der Waals surface area contributed by atoms with E-state index in [2.05, 4.69) is 19.2 Å². The van der Waals surface area contributed by atoms with E-state index < -0.39 is 0 Å². The van der Waals surface area contributed by atoms with Gasteiger partial charge in [0.15, 0.2) is 0 Å². The summed E-state index contributed by atoms with van der Waals surface area (Å²) < 4.78 is 0. The molecule has 0 aliphatic carbocycles. The third-order valence-electron chi connectivity index (χ3n) is 3.49. The molecule has 0 aliphatic heterocycles. The van der Waals surface area contributed by atoms with Crippen molar-refractivity contribution in [2.45, 2.75) is 39.5 Å². The second-order valence-electron chi connectivity index (χ2n) is 5.16. The molecule has 0 heterocycles. The van der Waals surface area contributed by atoms with E-state index in [9.17, 15) is 4.79 Å². The maximum Gasteiger partial charge on any atom is 0.244 e. The van der Waals surface area contributed by atoms with Gasteiger partial charge < -0.3 is 5.32 Å². The van der Waals surface area contributed by atoms with Crippen molar-refractivity contribution >= 4 is 35.2 Å². The van der Waals surface area contributed by atoms with E-state index in [1.54, 1.807) is 24.3 Å². The zero-order chi connectivity index (χ0) is 15.7. The summed E-state index contributed by atoms with van der Waals surface area (Å²) >= 11 is 11.9. The Balaban J connectivity index is 2.47. The molecule has 1 rings (SSSR count). The standard InChI is InChI=1S/C17H23Cl2NO/c1-3-5-6-13(4-2)12-20-17(21)10-8-14-7-9-15(18)11-16(14)19/h7-11,13H,3-6,12H2,1-2H3,(H,20,21). The molecule has 0 saturated carbocycles. The normalized spacial score (nSPS) is 12.6. The average molecular weight is 328 g/mol. The molecule has 0 fully saturated rings. The van der Waals surface area contributed by atoms with Crippen LogP contribution in [0.25, 0.3) is 6.08 Å². The fourth-order valence-electron chi connectivity index (χ4n) is 2.05. The van der Waals surface area contributed by atoms with E-state index in [1.807, 2.05) is 0 Å². The van der Waals surface area contributed by atoms with Gasteiger partial charge >= 0.3 is 0 Å². The maximum absolute atomic E-state index is 11.8. The molecule has 0 radical (unpaired) electrons. The van der Waals surface area contributed by atoms with Crippen molar-refractivity contribution < 1.29 is 4.79 Å². The third kappa shape index (κ3) is 7.01. The van der Waals surface area contributed by atoms with Crippen molar-refractivity contribution in [3.8, 4) is 0 Å². The van der Waals surface area contributed by atoms with E-state index in [-0.39, 0.29) is 5.91 Å². The van der Waals surface area contributed by atoms with Crippen LogP contribution < -0.4 is 5.32 Å². The number of nitrogens with one attached hydrogen (secondary N) is 1. The van der Waals surface area contributed by atoms with Crippen LogP contribution in [0.1, 0.15) is 45.1 Å². The summed E-state index contributed by atoms with van der Waals surface area (Å²) in [6, 6.07) is 5.21. The van der Waals surface area contributed by atoms with E-state index in [4.69, 9.17) is 23.2 Å². The number of hydrogen-bond donors (Lipinski definition) is 1. The van der Waals surface area contributed by atoms with Crippen molar-refractivity contribution in [3.05, 3.63) is 39.9 Å². The summed E-state index contributed by atoms with van der Waals surface area (Å²) in [5, 5.41) is 4.08. The Kier molecular flexibility index (Phi) is 8.48. The molecule has 1 N–H and O–H groups in total. The van der Waals surface area contributed by atoms with Gasteiger partial charge in [-0.15, -0.1) is 0 Å². The van der Waals surface area contributed by atoms with Gasteiger partial charge in [-0.05, 0) is 36.1 Å². The molecular formula is C17H23Cl2NO. The van der Waals surface area contributed by atoms with Crippen LogP contribution in [-0.4, -0.2) is 12.5 Å². The van der Waals surface area contributed by atoms with Crippen LogP contribution >= 0.6 is 23.2 Å². The highest BCUT2D eigenvalue weighted by Crippen LogP contribution is 2.21. The summed E-state index contributed by atoms with van der Waals surface area (Å²) in [4.78, 5) is 11.8. The monoisotopic (exact) mass is 327 g/mol. The molecule has 1 amide bonds. The van der Waals surface area contributed by atoms with Crippen molar-refractivity contribution in [1.82, 2.24) is 5.32 Å². The molecular weight excluding hydrogens is 305 g/mol. The number of rotatable bonds is 8. The molecule has 0 aromatic heterocycles. The zero-order valence-electron chi connectivity index (χ0n) is 12.7. The Hall–Kier alpha value is -0.990. The lowest BCUT2D eigenvalue weighted by atomic mass is 9.99. The van der Waals surface area contributed by atoms with Gasteiger partial charge in [0, 0.05) is 22.7 Å². The highest BCUT2D eigenvalue weighted by molar-refractivity contribution is 6.35. The molecule has 116 valence electrons. The molecule has 0 aliphatic rings. The Morgan fingerprint density at radius 2 is 2.10 bits per heavy atom. The molecule has 0 spiro atoms. The Morgan fingerprint density at radius 1 is 1.33 bits per heavy atom. The van der Waals surface area contributed by atoms with Crippen molar-refractivity contribution in [3.63, 3.8) is 0 Å². The number of benzene rings is 1. The number of carbonyl (C=O) groups is 1. The van der Waals surface area contributed by atoms with Gasteiger partial charge in [-0.25, -0.2) is 0 Å². The molecule has 21 heavy (non-hydrogen) atoms. The van der Waals surface area contributed by atoms with E-state index in [0.717, 1.165) is 18.5 Å². The van der Waals surface area contributed by atoms with Gasteiger partial charge in [-0.2, -0.15) is 0 Å². The van der Waals surface area contributed by atoms with Crippen LogP contribution in [0, 0.1) is 5.92 Å². The highest BCUT2D eigenvalue weighted by Gasteiger charge is 2.06. The van der Waals surface area contributed by atoms with Gasteiger partial charge in [0.05, 0.1) is 0 Å². The van der Waals surface area contributed by atoms with Crippen LogP contribution in [0.2, 0.25) is 10.0 Å². The third-order valence-corrected chi connectivity index (χ3v) is 4.05. The lowest BCUT2D eigenvalue weighted by Crippen LogP contribution is -2.27. The molecule has 0 bridgehead atoms. The van der Waals surface area contributed by atoms with E-state index >= 15 is 0 Å². The number of halogens is 2. The first-order valence-corrected chi connectivity index (χ1v) is 8.23. The average Bonchev–Trinajstić information content (AvgIpc) is 2.46. The van der Waals surface area contributed by atoms with Crippen LogP contribution in [0.3, 0.4) is 0 Å². The van der Waals surface area contributed by atoms with Gasteiger partial charge in [0.25, 0.3) is 0 Å². The molecule has 4 heteroatoms. The smallest absolute Gasteiger partial charge is 0.244 e. The van der Waals surface area contributed by atoms with Gasteiger partial charge in [-0.3, -0.25) is 4.79 Å². The van der Waals surface area contributed by atoms with Crippen LogP contribution in [0.4, 0.5) is 0 Å². The molecule has 1 aromatic carbocycles. The molecule has 1 atom stereocenters. The van der Waals surface area contributed by atoms with Crippen molar-refractivity contribution in [2.24, 2.45) is 5.92 Å². The second kappa shape index (κ2) is 9.86. The number of hydrogen-bond acceptors (Lipinski definition) is 1. The number of unbranched alkanes of at least 4 members (excludes halogenated alkanes) is 1. The SMILES string of the molecule is CCCCC(CC)CNC(=O)C=Cc1ccc(Cl)cc1Cl. The van der Waals surface area contributed by atoms with E-state index in [0.29, 0.717) is 16.0 Å². The lowest BCUT2D eigenvalue weighted by Gasteiger charge is -2.14. The largest absolute Gasteiger partial charge is 0.352 e. The molecule has 0 saturated heterocycles. The predicted molar refractivity (Wildman–Crippen MR) is 91.8 cm³/mol. The Morgan fingerprint density at radius 3 is 2.71 bits per heavy atom. The Bertz CT molecular complexity index is 486. The first-order valence-electron chi connectivity index (χ1n) is 7.47. The number of carbonyl (C=O) groups excluding carboxylic acids is 1. The first kappa shape index (κ1) is 18.1. The minimum atomic E-state index is -0.0871. The van der Waals surface area contributed by atoms with Gasteiger partial charge in [0.2, 0.25) is 5.91 Å². The summed E-state index contributed by atoms with van der Waals surface area (Å²) in [7, 11) is 0. The van der Waals surface area contributed by atoms with Crippen LogP contribution in [0.15, 0.2) is 24.3 Å². The lowest BCUT2D eigenvalue weighted by molar-refractivity contribution is -0.116. The van der Waals surface area contributed by atoms with Crippen LogP contribution in [-0.2, 0) is 4.79 Å². The number of amides is 1. The maximum atomic E-state index is 11.8. The summed E-state index contributed by atoms with van der Waals surface area (Å²) in [6.45, 7) is 5.08. The second-order valence-corrected chi connectivity index (χ2v) is 6.00. The van der Waals surface area contributed by atoms with Gasteiger partial charge in [-0.1, -0.05) is 62.4 Å². The topological polar surface area (TPSA) is 29.1 Å². The van der Waals surface area contributed by atoms with Gasteiger partial charge in [0.1, 0.15) is 0 Å². The zero-order valence-corrected chi connectivity index (χ0v) is 14.2. The summed E-state index contributed by atoms with van der Waals surface area (Å²) in [6.07, 6.45) is 7.89. The fourth-order valence-corrected chi connectivity index (χ4v) is 2.52. The fraction of sp³-hybridized carbons (Fsp3) is 0.471. The minimum absolute atomic E-state index is 0.0871. The van der Waals surface area contributed by atoms with Crippen molar-refractivity contribution in [2.75, 3.05) is 6.54 Å². The quantitative estimate of drug-likeness (QED) is 0.641. The predicted octanol–water partition coefficient (Wildman–Crippen LogP) is 5.34. The first-order chi connectivity index (χ1) is 10.1. The summed E-state index contributed by atoms with van der Waals surface area (Å²) in [5.74, 6) is 0.470. The molecule has 2 nitrogen and oxygen atoms in total. The van der Waals surface area contributed by atoms with Crippen LogP contribution in [0.5, 0.6) is 0 Å². The highest BCUT2D eigenvalue weighted by atomic mass is 35.5. The Labute approximate surface area is 137 Å². The molecule has 1 unspecified atom stereocenters. The molecule has 1 aromatic rings.